The third-order valence-corrected chi connectivity index (χ3v) is 4.56. The van der Waals surface area contributed by atoms with Gasteiger partial charge in [0, 0.05) is 16.1 Å². The summed E-state index contributed by atoms with van der Waals surface area (Å²) in [7, 11) is 1.59. The molecule has 0 aliphatic heterocycles. The standard InChI is InChI=1S/C23H17ClN2O3/c1-28-19-12-10-17(11-13-19)25-22(27)20-14-15-4-2-3-5-21(15)29-23(20)26-18-8-6-16(24)7-9-18/h2-14H,1H3,(H,25,27). The number of methoxy groups -OCH3 is 1. The number of hydrogen-bond acceptors (Lipinski definition) is 4. The van der Waals surface area contributed by atoms with Gasteiger partial charge < -0.3 is 14.5 Å². The van der Waals surface area contributed by atoms with E-state index in [1.54, 1.807) is 61.7 Å². The Bertz CT molecular complexity index is 1230. The summed E-state index contributed by atoms with van der Waals surface area (Å²) in [5, 5.41) is 4.29. The Labute approximate surface area is 172 Å². The van der Waals surface area contributed by atoms with Crippen LogP contribution in [-0.2, 0) is 0 Å². The number of nitrogens with zero attached hydrogens (tertiary/aromatic N) is 1. The minimum absolute atomic E-state index is 0.219. The Morgan fingerprint density at radius 3 is 2.45 bits per heavy atom. The zero-order chi connectivity index (χ0) is 20.2. The van der Waals surface area contributed by atoms with Crippen LogP contribution in [0.3, 0.4) is 0 Å². The number of amides is 1. The minimum atomic E-state index is -0.322. The molecule has 4 rings (SSSR count). The lowest BCUT2D eigenvalue weighted by molar-refractivity contribution is 0.102. The highest BCUT2D eigenvalue weighted by atomic mass is 35.5. The zero-order valence-corrected chi connectivity index (χ0v) is 16.3. The average Bonchev–Trinajstić information content (AvgIpc) is 2.75. The summed E-state index contributed by atoms with van der Waals surface area (Å²) >= 11 is 5.95. The van der Waals surface area contributed by atoms with Crippen molar-refractivity contribution in [3.8, 4) is 5.75 Å². The van der Waals surface area contributed by atoms with Crippen molar-refractivity contribution in [3.05, 3.63) is 95.0 Å². The molecule has 0 saturated heterocycles. The fraction of sp³-hybridized carbons (Fsp3) is 0.0435. The van der Waals surface area contributed by atoms with Crippen molar-refractivity contribution < 1.29 is 13.9 Å². The molecule has 4 aromatic rings. The van der Waals surface area contributed by atoms with Gasteiger partial charge in [0.05, 0.1) is 12.8 Å². The van der Waals surface area contributed by atoms with Crippen molar-refractivity contribution in [1.82, 2.24) is 0 Å². The molecular formula is C23H17ClN2O3. The number of hydrogen-bond donors (Lipinski definition) is 1. The van der Waals surface area contributed by atoms with Gasteiger partial charge in [0.25, 0.3) is 5.91 Å². The van der Waals surface area contributed by atoms with Crippen LogP contribution in [0.2, 0.25) is 5.02 Å². The number of nitrogens with one attached hydrogen (secondary N) is 1. The van der Waals surface area contributed by atoms with Crippen LogP contribution in [0.4, 0.5) is 11.4 Å². The van der Waals surface area contributed by atoms with Gasteiger partial charge in [-0.3, -0.25) is 4.79 Å². The van der Waals surface area contributed by atoms with E-state index >= 15 is 0 Å². The van der Waals surface area contributed by atoms with Crippen LogP contribution in [0.5, 0.6) is 5.75 Å². The molecule has 144 valence electrons. The summed E-state index contributed by atoms with van der Waals surface area (Å²) < 4.78 is 11.1. The quantitative estimate of drug-likeness (QED) is 0.483. The zero-order valence-electron chi connectivity index (χ0n) is 15.6. The van der Waals surface area contributed by atoms with Crippen molar-refractivity contribution in [2.45, 2.75) is 0 Å². The van der Waals surface area contributed by atoms with E-state index in [2.05, 4.69) is 10.3 Å². The monoisotopic (exact) mass is 404 g/mol. The van der Waals surface area contributed by atoms with Crippen molar-refractivity contribution in [1.29, 1.82) is 0 Å². The third kappa shape index (κ3) is 4.31. The lowest BCUT2D eigenvalue weighted by Gasteiger charge is -2.08. The first-order valence-electron chi connectivity index (χ1n) is 8.91. The summed E-state index contributed by atoms with van der Waals surface area (Å²) in [6.45, 7) is 0. The van der Waals surface area contributed by atoms with Gasteiger partial charge in [-0.2, -0.15) is 0 Å². The number of ether oxygens (including phenoxy) is 1. The number of para-hydroxylation sites is 1. The van der Waals surface area contributed by atoms with E-state index in [-0.39, 0.29) is 11.5 Å². The molecule has 0 spiro atoms. The van der Waals surface area contributed by atoms with Gasteiger partial charge in [-0.05, 0) is 60.7 Å². The molecule has 0 bridgehead atoms. The SMILES string of the molecule is COc1ccc(NC(=O)c2cc3ccccc3oc2=Nc2ccc(Cl)cc2)cc1. The third-order valence-electron chi connectivity index (χ3n) is 4.31. The van der Waals surface area contributed by atoms with E-state index in [0.29, 0.717) is 33.3 Å². The molecule has 1 heterocycles. The van der Waals surface area contributed by atoms with Crippen LogP contribution in [-0.4, -0.2) is 13.0 Å². The lowest BCUT2D eigenvalue weighted by atomic mass is 10.1. The van der Waals surface area contributed by atoms with E-state index in [4.69, 9.17) is 20.8 Å². The fourth-order valence-electron chi connectivity index (χ4n) is 2.82. The minimum Gasteiger partial charge on any atom is -0.497 e. The van der Waals surface area contributed by atoms with Crippen LogP contribution in [0.25, 0.3) is 11.0 Å². The summed E-state index contributed by atoms with van der Waals surface area (Å²) in [6.07, 6.45) is 0. The van der Waals surface area contributed by atoms with E-state index in [1.165, 1.54) is 0 Å². The van der Waals surface area contributed by atoms with Crippen molar-refractivity contribution in [2.75, 3.05) is 12.4 Å². The molecule has 0 aliphatic carbocycles. The molecule has 1 N–H and O–H groups in total. The number of fused-ring (bicyclic) bond motifs is 1. The van der Waals surface area contributed by atoms with E-state index < -0.39 is 0 Å². The summed E-state index contributed by atoms with van der Waals surface area (Å²) in [5.74, 6) is 0.388. The van der Waals surface area contributed by atoms with Crippen LogP contribution in [0.15, 0.2) is 88.3 Å². The van der Waals surface area contributed by atoms with Crippen molar-refractivity contribution in [3.63, 3.8) is 0 Å². The molecule has 1 amide bonds. The average molecular weight is 405 g/mol. The first-order chi connectivity index (χ1) is 14.1. The van der Waals surface area contributed by atoms with E-state index in [9.17, 15) is 4.79 Å². The largest absolute Gasteiger partial charge is 0.497 e. The molecule has 1 aromatic heterocycles. The summed E-state index contributed by atoms with van der Waals surface area (Å²) in [4.78, 5) is 17.5. The molecule has 6 heteroatoms. The normalized spacial score (nSPS) is 11.4. The number of carbonyl (C=O) groups excluding carboxylic acids is 1. The van der Waals surface area contributed by atoms with Crippen molar-refractivity contribution >= 4 is 39.9 Å². The molecule has 0 unspecified atom stereocenters. The summed E-state index contributed by atoms with van der Waals surface area (Å²) in [5.41, 5.74) is 2.46. The van der Waals surface area contributed by atoms with Gasteiger partial charge in [0.2, 0.25) is 5.55 Å². The van der Waals surface area contributed by atoms with Gasteiger partial charge in [-0.1, -0.05) is 29.8 Å². The van der Waals surface area contributed by atoms with Gasteiger partial charge >= 0.3 is 0 Å². The van der Waals surface area contributed by atoms with Gasteiger partial charge in [0.1, 0.15) is 16.9 Å². The van der Waals surface area contributed by atoms with E-state index in [0.717, 1.165) is 5.39 Å². The maximum Gasteiger partial charge on any atom is 0.261 e. The number of benzene rings is 3. The highest BCUT2D eigenvalue weighted by molar-refractivity contribution is 6.30. The molecule has 0 radical (unpaired) electrons. The molecule has 5 nitrogen and oxygen atoms in total. The van der Waals surface area contributed by atoms with Crippen LogP contribution >= 0.6 is 11.6 Å². The maximum atomic E-state index is 13.0. The molecule has 0 atom stereocenters. The van der Waals surface area contributed by atoms with Crippen LogP contribution in [0, 0.1) is 0 Å². The van der Waals surface area contributed by atoms with E-state index in [1.807, 2.05) is 24.3 Å². The first-order valence-corrected chi connectivity index (χ1v) is 9.29. The predicted molar refractivity (Wildman–Crippen MR) is 114 cm³/mol. The number of rotatable bonds is 4. The molecule has 0 saturated carbocycles. The molecule has 0 aliphatic rings. The van der Waals surface area contributed by atoms with Gasteiger partial charge in [-0.15, -0.1) is 0 Å². The fourth-order valence-corrected chi connectivity index (χ4v) is 2.95. The number of halogens is 1. The predicted octanol–water partition coefficient (Wildman–Crippen LogP) is 5.58. The van der Waals surface area contributed by atoms with Crippen LogP contribution in [0.1, 0.15) is 10.4 Å². The second-order valence-corrected chi connectivity index (χ2v) is 6.71. The second kappa shape index (κ2) is 8.20. The summed E-state index contributed by atoms with van der Waals surface area (Å²) in [6, 6.07) is 23.3. The topological polar surface area (TPSA) is 63.8 Å². The smallest absolute Gasteiger partial charge is 0.261 e. The highest BCUT2D eigenvalue weighted by Crippen LogP contribution is 2.19. The Kier molecular flexibility index (Phi) is 5.31. The molecular weight excluding hydrogens is 388 g/mol. The number of carbonyl (C=O) groups is 1. The molecule has 0 fully saturated rings. The second-order valence-electron chi connectivity index (χ2n) is 6.27. The molecule has 3 aromatic carbocycles. The Morgan fingerprint density at radius 1 is 1.00 bits per heavy atom. The molecule has 29 heavy (non-hydrogen) atoms. The van der Waals surface area contributed by atoms with Crippen molar-refractivity contribution in [2.24, 2.45) is 4.99 Å². The van der Waals surface area contributed by atoms with Gasteiger partial charge in [0.15, 0.2) is 0 Å². The van der Waals surface area contributed by atoms with Gasteiger partial charge in [-0.25, -0.2) is 4.99 Å². The Balaban J connectivity index is 1.78. The van der Waals surface area contributed by atoms with Crippen LogP contribution < -0.4 is 15.6 Å². The first kappa shape index (κ1) is 18.8. The highest BCUT2D eigenvalue weighted by Gasteiger charge is 2.13. The maximum absolute atomic E-state index is 13.0. The Morgan fingerprint density at radius 2 is 1.72 bits per heavy atom. The lowest BCUT2D eigenvalue weighted by Crippen LogP contribution is -2.21. The number of anilines is 1. The Hall–Kier alpha value is -3.57.